The van der Waals surface area contributed by atoms with Crippen molar-refractivity contribution < 1.29 is 9.53 Å². The molecule has 0 spiro atoms. The Balaban J connectivity index is 1.15. The largest absolute Gasteiger partial charge is 0.464 e. The number of carbonyl (C=O) groups excluding carboxylic acids is 1. The van der Waals surface area contributed by atoms with Gasteiger partial charge in [0.15, 0.2) is 5.65 Å². The highest BCUT2D eigenvalue weighted by Crippen LogP contribution is 2.32. The Morgan fingerprint density at radius 3 is 2.71 bits per heavy atom. The standard InChI is InChI=1S/C28H32N8O2/c1-3-38-28-30-14-22(15-31-28)33-11-9-21-6-4-8-25(23(21)17-33)34-12-13-36(20(2)16-34)26(37)18-35-19-32-24-7-5-10-29-27(24)35/h4-8,10,14-15,19-20H,3,9,11-13,16-18H2,1-2H3/t20-/m1/s1. The Morgan fingerprint density at radius 2 is 1.89 bits per heavy atom. The molecule has 0 saturated carbocycles. The van der Waals surface area contributed by atoms with E-state index in [-0.39, 0.29) is 18.5 Å². The lowest BCUT2D eigenvalue weighted by molar-refractivity contribution is -0.134. The van der Waals surface area contributed by atoms with E-state index >= 15 is 0 Å². The average molecular weight is 513 g/mol. The number of fused-ring (bicyclic) bond motifs is 2. The molecule has 196 valence electrons. The highest BCUT2D eigenvalue weighted by Gasteiger charge is 2.30. The van der Waals surface area contributed by atoms with Crippen LogP contribution in [-0.2, 0) is 24.3 Å². The summed E-state index contributed by atoms with van der Waals surface area (Å²) in [4.78, 5) is 37.5. The molecule has 6 rings (SSSR count). The Kier molecular flexibility index (Phi) is 6.53. The lowest BCUT2D eigenvalue weighted by atomic mass is 9.96. The SMILES string of the molecule is CCOc1ncc(N2CCc3cccc(N4CCN(C(=O)Cn5cnc6cccnc65)[C@H](C)C4)c3C2)cn1. The molecule has 1 aromatic carbocycles. The van der Waals surface area contributed by atoms with Crippen molar-refractivity contribution in [3.05, 3.63) is 66.4 Å². The second-order valence-corrected chi connectivity index (χ2v) is 9.84. The normalized spacial score (nSPS) is 17.5. The van der Waals surface area contributed by atoms with E-state index in [1.54, 1.807) is 12.5 Å². The van der Waals surface area contributed by atoms with E-state index in [1.807, 2.05) is 40.9 Å². The summed E-state index contributed by atoms with van der Waals surface area (Å²) in [5.41, 5.74) is 6.53. The van der Waals surface area contributed by atoms with Crippen LogP contribution in [0.15, 0.2) is 55.2 Å². The zero-order valence-corrected chi connectivity index (χ0v) is 21.8. The second kappa shape index (κ2) is 10.3. The van der Waals surface area contributed by atoms with Crippen LogP contribution in [0.4, 0.5) is 11.4 Å². The summed E-state index contributed by atoms with van der Waals surface area (Å²) >= 11 is 0. The number of pyridine rings is 1. The van der Waals surface area contributed by atoms with Crippen LogP contribution in [0, 0.1) is 0 Å². The first kappa shape index (κ1) is 24.1. The fraction of sp³-hybridized carbons (Fsp3) is 0.393. The van der Waals surface area contributed by atoms with Gasteiger partial charge < -0.3 is 24.0 Å². The van der Waals surface area contributed by atoms with Gasteiger partial charge in [0.05, 0.1) is 31.0 Å². The molecule has 10 heteroatoms. The van der Waals surface area contributed by atoms with Gasteiger partial charge in [0.1, 0.15) is 12.1 Å². The van der Waals surface area contributed by atoms with E-state index < -0.39 is 0 Å². The van der Waals surface area contributed by atoms with Gasteiger partial charge in [0.25, 0.3) is 0 Å². The van der Waals surface area contributed by atoms with E-state index in [0.29, 0.717) is 19.2 Å². The lowest BCUT2D eigenvalue weighted by Gasteiger charge is -2.43. The minimum absolute atomic E-state index is 0.0917. The summed E-state index contributed by atoms with van der Waals surface area (Å²) in [5.74, 6) is 0.0962. The summed E-state index contributed by atoms with van der Waals surface area (Å²) in [6, 6.07) is 10.9. The monoisotopic (exact) mass is 512 g/mol. The molecule has 1 atom stereocenters. The fourth-order valence-electron chi connectivity index (χ4n) is 5.55. The molecule has 0 bridgehead atoms. The molecule has 2 aliphatic heterocycles. The van der Waals surface area contributed by atoms with E-state index in [9.17, 15) is 4.79 Å². The van der Waals surface area contributed by atoms with Gasteiger partial charge in [0.2, 0.25) is 5.91 Å². The molecule has 0 N–H and O–H groups in total. The number of hydrogen-bond donors (Lipinski definition) is 0. The van der Waals surface area contributed by atoms with Crippen LogP contribution in [0.5, 0.6) is 6.01 Å². The molecule has 2 aliphatic rings. The maximum atomic E-state index is 13.3. The average Bonchev–Trinajstić information content (AvgIpc) is 3.35. The van der Waals surface area contributed by atoms with Crippen molar-refractivity contribution in [2.45, 2.75) is 39.4 Å². The first-order valence-electron chi connectivity index (χ1n) is 13.2. The zero-order valence-electron chi connectivity index (χ0n) is 21.8. The number of carbonyl (C=O) groups is 1. The van der Waals surface area contributed by atoms with Crippen LogP contribution in [0.3, 0.4) is 0 Å². The van der Waals surface area contributed by atoms with Crippen LogP contribution in [-0.4, -0.2) is 74.1 Å². The van der Waals surface area contributed by atoms with Gasteiger partial charge in [0, 0.05) is 50.6 Å². The molecule has 1 saturated heterocycles. The van der Waals surface area contributed by atoms with Crippen molar-refractivity contribution in [2.75, 3.05) is 42.6 Å². The topological polar surface area (TPSA) is 92.5 Å². The van der Waals surface area contributed by atoms with Gasteiger partial charge in [-0.25, -0.2) is 19.9 Å². The van der Waals surface area contributed by atoms with Gasteiger partial charge in [-0.05, 0) is 49.6 Å². The summed E-state index contributed by atoms with van der Waals surface area (Å²) < 4.78 is 7.24. The quantitative estimate of drug-likeness (QED) is 0.389. The number of anilines is 2. The predicted molar refractivity (Wildman–Crippen MR) is 145 cm³/mol. The number of nitrogens with zero attached hydrogens (tertiary/aromatic N) is 8. The van der Waals surface area contributed by atoms with Gasteiger partial charge in [-0.15, -0.1) is 0 Å². The van der Waals surface area contributed by atoms with Gasteiger partial charge in [-0.3, -0.25) is 4.79 Å². The van der Waals surface area contributed by atoms with Gasteiger partial charge in [-0.2, -0.15) is 0 Å². The maximum absolute atomic E-state index is 13.3. The van der Waals surface area contributed by atoms with Crippen molar-refractivity contribution in [1.29, 1.82) is 0 Å². The predicted octanol–water partition coefficient (Wildman–Crippen LogP) is 2.92. The highest BCUT2D eigenvalue weighted by molar-refractivity contribution is 5.79. The number of benzene rings is 1. The molecule has 0 aliphatic carbocycles. The maximum Gasteiger partial charge on any atom is 0.316 e. The van der Waals surface area contributed by atoms with E-state index in [1.165, 1.54) is 16.8 Å². The Morgan fingerprint density at radius 1 is 1.03 bits per heavy atom. The number of aromatic nitrogens is 5. The number of amides is 1. The summed E-state index contributed by atoms with van der Waals surface area (Å²) in [6.07, 6.45) is 8.09. The van der Waals surface area contributed by atoms with Crippen LogP contribution in [0.2, 0.25) is 0 Å². The van der Waals surface area contributed by atoms with Crippen LogP contribution in [0.1, 0.15) is 25.0 Å². The Bertz CT molecular complexity index is 1440. The summed E-state index contributed by atoms with van der Waals surface area (Å²) in [7, 11) is 0. The van der Waals surface area contributed by atoms with E-state index in [4.69, 9.17) is 4.74 Å². The first-order chi connectivity index (χ1) is 18.6. The smallest absolute Gasteiger partial charge is 0.316 e. The van der Waals surface area contributed by atoms with Crippen molar-refractivity contribution in [3.63, 3.8) is 0 Å². The number of ether oxygens (including phenoxy) is 1. The molecule has 5 heterocycles. The number of piperazine rings is 1. The first-order valence-corrected chi connectivity index (χ1v) is 13.2. The minimum atomic E-state index is 0.0917. The third kappa shape index (κ3) is 4.62. The molecule has 0 radical (unpaired) electrons. The Labute approximate surface area is 221 Å². The second-order valence-electron chi connectivity index (χ2n) is 9.84. The van der Waals surface area contributed by atoms with E-state index in [2.05, 4.69) is 54.9 Å². The zero-order chi connectivity index (χ0) is 26.1. The third-order valence-corrected chi connectivity index (χ3v) is 7.47. The molecule has 4 aromatic rings. The molecular weight excluding hydrogens is 480 g/mol. The summed E-state index contributed by atoms with van der Waals surface area (Å²) in [6.45, 7) is 8.84. The van der Waals surface area contributed by atoms with Crippen molar-refractivity contribution in [1.82, 2.24) is 29.4 Å². The van der Waals surface area contributed by atoms with Gasteiger partial charge >= 0.3 is 6.01 Å². The number of imidazole rings is 1. The molecule has 1 amide bonds. The van der Waals surface area contributed by atoms with Crippen LogP contribution < -0.4 is 14.5 Å². The van der Waals surface area contributed by atoms with Crippen LogP contribution >= 0.6 is 0 Å². The van der Waals surface area contributed by atoms with Crippen molar-refractivity contribution in [2.24, 2.45) is 0 Å². The molecule has 10 nitrogen and oxygen atoms in total. The van der Waals surface area contributed by atoms with Crippen LogP contribution in [0.25, 0.3) is 11.2 Å². The summed E-state index contributed by atoms with van der Waals surface area (Å²) in [5, 5.41) is 0. The number of rotatable bonds is 6. The number of hydrogen-bond acceptors (Lipinski definition) is 8. The molecule has 3 aromatic heterocycles. The molecular formula is C28H32N8O2. The third-order valence-electron chi connectivity index (χ3n) is 7.47. The van der Waals surface area contributed by atoms with E-state index in [0.717, 1.165) is 49.5 Å². The molecule has 38 heavy (non-hydrogen) atoms. The molecule has 0 unspecified atom stereocenters. The van der Waals surface area contributed by atoms with Crippen molar-refractivity contribution >= 4 is 28.4 Å². The minimum Gasteiger partial charge on any atom is -0.464 e. The lowest BCUT2D eigenvalue weighted by Crippen LogP contribution is -2.55. The molecule has 1 fully saturated rings. The Hall–Kier alpha value is -4.21. The van der Waals surface area contributed by atoms with Gasteiger partial charge in [-0.1, -0.05) is 12.1 Å². The fourth-order valence-corrected chi connectivity index (χ4v) is 5.55. The highest BCUT2D eigenvalue weighted by atomic mass is 16.5. The van der Waals surface area contributed by atoms with Crippen molar-refractivity contribution in [3.8, 4) is 6.01 Å².